The van der Waals surface area contributed by atoms with Gasteiger partial charge in [0.1, 0.15) is 0 Å². The highest BCUT2D eigenvalue weighted by Crippen LogP contribution is 2.42. The van der Waals surface area contributed by atoms with Gasteiger partial charge >= 0.3 is 0 Å². The zero-order chi connectivity index (χ0) is 33.5. The van der Waals surface area contributed by atoms with Crippen LogP contribution in [-0.2, 0) is 0 Å². The summed E-state index contributed by atoms with van der Waals surface area (Å²) in [6, 6.07) is 72.4. The van der Waals surface area contributed by atoms with Gasteiger partial charge in [0.05, 0.1) is 27.6 Å². The summed E-state index contributed by atoms with van der Waals surface area (Å²) in [4.78, 5) is 0. The predicted octanol–water partition coefficient (Wildman–Crippen LogP) is 9.31. The van der Waals surface area contributed by atoms with Crippen LogP contribution in [0.4, 0.5) is 0 Å². The third-order valence-electron chi connectivity index (χ3n) is 11.2. The smallest absolute Gasteiger partial charge is 0.179 e. The Bertz CT molecular complexity index is 2960. The maximum absolute atomic E-state index is 2.77. The molecule has 11 aromatic rings. The number of aromatic nitrogens is 2. The Morgan fingerprint density at radius 1 is 0.294 bits per heavy atom. The lowest BCUT2D eigenvalue weighted by Gasteiger charge is -2.34. The maximum Gasteiger partial charge on any atom is 0.179 e. The highest BCUT2D eigenvalue weighted by Gasteiger charge is 2.42. The number of hydrogen-bond donors (Lipinski definition) is 0. The minimum absolute atomic E-state index is 1.17. The molecule has 8 aromatic carbocycles. The molecule has 11 rings (SSSR count). The van der Waals surface area contributed by atoms with Gasteiger partial charge in [-0.2, -0.15) is 0 Å². The predicted molar refractivity (Wildman–Crippen MR) is 219 cm³/mol. The van der Waals surface area contributed by atoms with E-state index in [1.165, 1.54) is 86.3 Å². The topological polar surface area (TPSA) is 9.34 Å². The van der Waals surface area contributed by atoms with Crippen molar-refractivity contribution in [1.82, 2.24) is 8.97 Å². The van der Waals surface area contributed by atoms with Gasteiger partial charge < -0.3 is 8.97 Å². The quantitative estimate of drug-likeness (QED) is 0.128. The molecule has 0 bridgehead atoms. The second-order valence-corrected chi connectivity index (χ2v) is 17.5. The first kappa shape index (κ1) is 28.4. The molecular weight excluding hydrogens is 633 g/mol. The van der Waals surface area contributed by atoms with Gasteiger partial charge in [0.2, 0.25) is 0 Å². The number of nitrogens with zero attached hydrogens (tertiary/aromatic N) is 2. The van der Waals surface area contributed by atoms with E-state index in [2.05, 4.69) is 203 Å². The van der Waals surface area contributed by atoms with Crippen molar-refractivity contribution in [3.8, 4) is 5.69 Å². The van der Waals surface area contributed by atoms with Crippen molar-refractivity contribution in [1.29, 1.82) is 0 Å². The second kappa shape index (κ2) is 10.8. The van der Waals surface area contributed by atoms with Crippen molar-refractivity contribution in [2.24, 2.45) is 0 Å². The number of hydrogen-bond acceptors (Lipinski definition) is 0. The number of rotatable bonds is 5. The van der Waals surface area contributed by atoms with Crippen LogP contribution in [0.1, 0.15) is 0 Å². The number of para-hydroxylation sites is 3. The standard InChI is InChI=1S/C48H32N2Si/c1-5-17-33(18-6-1)49-44-27-15-13-25-38(44)40-31-41-43-30-37(29-42-39-26-14-16-28-45(39)50(48(42)43)47(41)32-46(40)49)51(34-19-7-2-8-20-34,35-21-9-3-10-22-35)36-23-11-4-12-24-36/h1-32H. The lowest BCUT2D eigenvalue weighted by Crippen LogP contribution is -2.74. The molecule has 0 fully saturated rings. The second-order valence-electron chi connectivity index (χ2n) is 13.7. The SMILES string of the molecule is c1ccc(-n2c3ccccc3c3cc4c5cc([Si](c6ccccc6)(c6ccccc6)c6ccccc6)cc6c7ccccc7n(c4cc32)c65)cc1. The van der Waals surface area contributed by atoms with Gasteiger partial charge in [0, 0.05) is 38.0 Å². The van der Waals surface area contributed by atoms with Crippen LogP contribution in [0.5, 0.6) is 0 Å². The lowest BCUT2D eigenvalue weighted by molar-refractivity contribution is 1.18. The normalized spacial score (nSPS) is 12.3. The fourth-order valence-electron chi connectivity index (χ4n) is 9.09. The molecule has 238 valence electrons. The molecule has 0 N–H and O–H groups in total. The maximum atomic E-state index is 2.56. The lowest BCUT2D eigenvalue weighted by atomic mass is 10.1. The summed E-state index contributed by atoms with van der Waals surface area (Å²) in [6.45, 7) is 0. The molecule has 0 spiro atoms. The van der Waals surface area contributed by atoms with Crippen LogP contribution in [0.2, 0.25) is 0 Å². The first-order valence-electron chi connectivity index (χ1n) is 17.7. The molecule has 0 radical (unpaired) electrons. The van der Waals surface area contributed by atoms with Crippen LogP contribution in [0.15, 0.2) is 194 Å². The summed E-state index contributed by atoms with van der Waals surface area (Å²) in [7, 11) is -2.77. The molecule has 0 aliphatic carbocycles. The van der Waals surface area contributed by atoms with E-state index in [9.17, 15) is 0 Å². The summed E-state index contributed by atoms with van der Waals surface area (Å²) in [5.41, 5.74) is 7.41. The molecule has 3 aromatic heterocycles. The van der Waals surface area contributed by atoms with E-state index in [0.29, 0.717) is 0 Å². The fraction of sp³-hybridized carbons (Fsp3) is 0. The number of fused-ring (bicyclic) bond motifs is 9. The summed E-state index contributed by atoms with van der Waals surface area (Å²) in [5.74, 6) is 0. The third kappa shape index (κ3) is 3.87. The monoisotopic (exact) mass is 664 g/mol. The largest absolute Gasteiger partial charge is 0.309 e. The highest BCUT2D eigenvalue weighted by atomic mass is 28.3. The van der Waals surface area contributed by atoms with E-state index in [-0.39, 0.29) is 0 Å². The summed E-state index contributed by atoms with van der Waals surface area (Å²) < 4.78 is 4.96. The van der Waals surface area contributed by atoms with Crippen molar-refractivity contribution in [2.75, 3.05) is 0 Å². The van der Waals surface area contributed by atoms with Crippen LogP contribution in [-0.4, -0.2) is 17.0 Å². The highest BCUT2D eigenvalue weighted by molar-refractivity contribution is 7.20. The average molecular weight is 665 g/mol. The number of benzene rings is 8. The third-order valence-corrected chi connectivity index (χ3v) is 15.9. The molecular formula is C48H32N2Si. The Kier molecular flexibility index (Phi) is 6.01. The molecule has 0 saturated heterocycles. The Morgan fingerprint density at radius 3 is 1.33 bits per heavy atom. The zero-order valence-corrected chi connectivity index (χ0v) is 28.9. The Morgan fingerprint density at radius 2 is 0.745 bits per heavy atom. The Hall–Kier alpha value is -6.42. The van der Waals surface area contributed by atoms with E-state index in [0.717, 1.165) is 0 Å². The minimum atomic E-state index is -2.77. The van der Waals surface area contributed by atoms with Crippen LogP contribution in [0.25, 0.3) is 65.6 Å². The molecule has 0 aliphatic rings. The first-order chi connectivity index (χ1) is 25.3. The van der Waals surface area contributed by atoms with Crippen LogP contribution >= 0.6 is 0 Å². The molecule has 3 heterocycles. The van der Waals surface area contributed by atoms with Crippen LogP contribution in [0.3, 0.4) is 0 Å². The van der Waals surface area contributed by atoms with Gasteiger partial charge in [-0.1, -0.05) is 158 Å². The molecule has 3 heteroatoms. The van der Waals surface area contributed by atoms with Crippen molar-refractivity contribution < 1.29 is 0 Å². The van der Waals surface area contributed by atoms with Crippen molar-refractivity contribution >= 4 is 88.7 Å². The van der Waals surface area contributed by atoms with Gasteiger partial charge in [-0.05, 0) is 57.1 Å². The van der Waals surface area contributed by atoms with Gasteiger partial charge in [-0.25, -0.2) is 0 Å². The molecule has 2 nitrogen and oxygen atoms in total. The average Bonchev–Trinajstić information content (AvgIpc) is 3.83. The van der Waals surface area contributed by atoms with Gasteiger partial charge in [-0.3, -0.25) is 0 Å². The Labute approximate surface area is 296 Å². The van der Waals surface area contributed by atoms with E-state index in [1.54, 1.807) is 0 Å². The van der Waals surface area contributed by atoms with Crippen molar-refractivity contribution in [3.05, 3.63) is 194 Å². The minimum Gasteiger partial charge on any atom is -0.309 e. The molecule has 0 saturated carbocycles. The fourth-order valence-corrected chi connectivity index (χ4v) is 13.9. The summed E-state index contributed by atoms with van der Waals surface area (Å²) >= 11 is 0. The first-order valence-corrected chi connectivity index (χ1v) is 19.7. The van der Waals surface area contributed by atoms with E-state index in [4.69, 9.17) is 0 Å². The van der Waals surface area contributed by atoms with Crippen LogP contribution < -0.4 is 20.7 Å². The van der Waals surface area contributed by atoms with Crippen molar-refractivity contribution in [2.45, 2.75) is 0 Å². The molecule has 0 aliphatic heterocycles. The van der Waals surface area contributed by atoms with Gasteiger partial charge in [0.15, 0.2) is 8.07 Å². The Balaban J connectivity index is 1.35. The van der Waals surface area contributed by atoms with Gasteiger partial charge in [-0.15, -0.1) is 0 Å². The van der Waals surface area contributed by atoms with E-state index < -0.39 is 8.07 Å². The van der Waals surface area contributed by atoms with Crippen molar-refractivity contribution in [3.63, 3.8) is 0 Å². The summed E-state index contributed by atoms with van der Waals surface area (Å²) in [5, 5.41) is 13.3. The molecule has 51 heavy (non-hydrogen) atoms. The van der Waals surface area contributed by atoms with E-state index >= 15 is 0 Å². The molecule has 0 unspecified atom stereocenters. The van der Waals surface area contributed by atoms with E-state index in [1.807, 2.05) is 0 Å². The van der Waals surface area contributed by atoms with Gasteiger partial charge in [0.25, 0.3) is 0 Å². The zero-order valence-electron chi connectivity index (χ0n) is 27.9. The summed E-state index contributed by atoms with van der Waals surface area (Å²) in [6.07, 6.45) is 0. The van der Waals surface area contributed by atoms with Crippen LogP contribution in [0, 0.1) is 0 Å². The molecule has 0 atom stereocenters. The molecule has 0 amide bonds.